The Morgan fingerprint density at radius 2 is 1.52 bits per heavy atom. The van der Waals surface area contributed by atoms with Gasteiger partial charge in [-0.2, -0.15) is 0 Å². The van der Waals surface area contributed by atoms with Gasteiger partial charge in [-0.1, -0.05) is 24.3 Å². The number of benzene rings is 2. The maximum atomic E-state index is 12.8. The van der Waals surface area contributed by atoms with Crippen LogP contribution in [0.2, 0.25) is 0 Å². The Bertz CT molecular complexity index is 576. The molecule has 21 heavy (non-hydrogen) atoms. The molecule has 0 saturated heterocycles. The second-order valence-corrected chi connectivity index (χ2v) is 4.46. The number of ether oxygens (including phenoxy) is 1. The van der Waals surface area contributed by atoms with E-state index in [0.29, 0.717) is 11.1 Å². The molecule has 0 aromatic heterocycles. The van der Waals surface area contributed by atoms with Gasteiger partial charge in [-0.25, -0.2) is 4.39 Å². The standard InChI is InChI=1S/C15H12F4O2/c16-12-5-3-11(4-6-12)14(20)9-10-1-7-13(8-2-10)21-15(17,18)19/h1-8,14,20H,9H2. The van der Waals surface area contributed by atoms with Crippen LogP contribution in [-0.2, 0) is 6.42 Å². The van der Waals surface area contributed by atoms with Gasteiger partial charge in [-0.05, 0) is 35.4 Å². The van der Waals surface area contributed by atoms with E-state index in [4.69, 9.17) is 0 Å². The quantitative estimate of drug-likeness (QED) is 0.865. The third-order valence-electron chi connectivity index (χ3n) is 2.84. The van der Waals surface area contributed by atoms with Gasteiger partial charge in [0, 0.05) is 6.42 Å². The summed E-state index contributed by atoms with van der Waals surface area (Å²) in [4.78, 5) is 0. The first-order valence-corrected chi connectivity index (χ1v) is 6.12. The molecule has 1 atom stereocenters. The van der Waals surface area contributed by atoms with Crippen LogP contribution in [0.25, 0.3) is 0 Å². The van der Waals surface area contributed by atoms with Crippen molar-refractivity contribution in [2.24, 2.45) is 0 Å². The number of hydrogen-bond acceptors (Lipinski definition) is 2. The molecule has 0 bridgehead atoms. The Labute approximate surface area is 118 Å². The minimum Gasteiger partial charge on any atom is -0.406 e. The highest BCUT2D eigenvalue weighted by atomic mass is 19.4. The molecule has 0 amide bonds. The SMILES string of the molecule is OC(Cc1ccc(OC(F)(F)F)cc1)c1ccc(F)cc1. The molecule has 0 fully saturated rings. The van der Waals surface area contributed by atoms with Gasteiger partial charge in [0.1, 0.15) is 11.6 Å². The Morgan fingerprint density at radius 3 is 2.05 bits per heavy atom. The molecule has 0 saturated carbocycles. The van der Waals surface area contributed by atoms with Crippen molar-refractivity contribution in [2.75, 3.05) is 0 Å². The number of aliphatic hydroxyl groups excluding tert-OH is 1. The number of hydrogen-bond donors (Lipinski definition) is 1. The first kappa shape index (κ1) is 15.3. The van der Waals surface area contributed by atoms with Crippen LogP contribution in [0.3, 0.4) is 0 Å². The fourth-order valence-corrected chi connectivity index (χ4v) is 1.85. The van der Waals surface area contributed by atoms with Crippen molar-refractivity contribution < 1.29 is 27.4 Å². The first-order valence-electron chi connectivity index (χ1n) is 6.12. The van der Waals surface area contributed by atoms with E-state index in [1.165, 1.54) is 48.5 Å². The van der Waals surface area contributed by atoms with Crippen LogP contribution in [-0.4, -0.2) is 11.5 Å². The van der Waals surface area contributed by atoms with E-state index in [-0.39, 0.29) is 12.2 Å². The monoisotopic (exact) mass is 300 g/mol. The van der Waals surface area contributed by atoms with Gasteiger partial charge in [0.05, 0.1) is 6.10 Å². The van der Waals surface area contributed by atoms with E-state index >= 15 is 0 Å². The minimum atomic E-state index is -4.73. The van der Waals surface area contributed by atoms with Gasteiger partial charge in [0.15, 0.2) is 0 Å². The average molecular weight is 300 g/mol. The highest BCUT2D eigenvalue weighted by molar-refractivity contribution is 5.29. The van der Waals surface area contributed by atoms with Crippen molar-refractivity contribution in [3.63, 3.8) is 0 Å². The van der Waals surface area contributed by atoms with E-state index in [2.05, 4.69) is 4.74 Å². The lowest BCUT2D eigenvalue weighted by molar-refractivity contribution is -0.274. The van der Waals surface area contributed by atoms with Crippen molar-refractivity contribution in [1.82, 2.24) is 0 Å². The normalized spacial score (nSPS) is 13.0. The smallest absolute Gasteiger partial charge is 0.406 e. The molecule has 6 heteroatoms. The van der Waals surface area contributed by atoms with Gasteiger partial charge in [-0.15, -0.1) is 13.2 Å². The molecule has 2 rings (SSSR count). The molecule has 0 aliphatic carbocycles. The number of alkyl halides is 3. The van der Waals surface area contributed by atoms with Crippen LogP contribution in [0.5, 0.6) is 5.75 Å². The summed E-state index contributed by atoms with van der Waals surface area (Å²) in [5, 5.41) is 9.99. The van der Waals surface area contributed by atoms with Crippen molar-refractivity contribution in [1.29, 1.82) is 0 Å². The highest BCUT2D eigenvalue weighted by Crippen LogP contribution is 2.24. The summed E-state index contributed by atoms with van der Waals surface area (Å²) < 4.78 is 52.6. The van der Waals surface area contributed by atoms with E-state index in [1.807, 2.05) is 0 Å². The van der Waals surface area contributed by atoms with Crippen molar-refractivity contribution in [3.8, 4) is 5.75 Å². The molecule has 112 valence electrons. The van der Waals surface area contributed by atoms with Crippen molar-refractivity contribution >= 4 is 0 Å². The third-order valence-corrected chi connectivity index (χ3v) is 2.84. The van der Waals surface area contributed by atoms with Gasteiger partial charge in [0.25, 0.3) is 0 Å². The van der Waals surface area contributed by atoms with Gasteiger partial charge in [-0.3, -0.25) is 0 Å². The zero-order valence-corrected chi connectivity index (χ0v) is 10.8. The lowest BCUT2D eigenvalue weighted by Crippen LogP contribution is -2.17. The molecule has 1 N–H and O–H groups in total. The lowest BCUT2D eigenvalue weighted by atomic mass is 10.0. The average Bonchev–Trinajstić information content (AvgIpc) is 2.40. The molecule has 0 radical (unpaired) electrons. The fourth-order valence-electron chi connectivity index (χ4n) is 1.85. The summed E-state index contributed by atoms with van der Waals surface area (Å²) in [5.41, 5.74) is 1.17. The van der Waals surface area contributed by atoms with Crippen LogP contribution < -0.4 is 4.74 Å². The molecular formula is C15H12F4O2. The maximum Gasteiger partial charge on any atom is 0.573 e. The molecule has 0 aliphatic rings. The number of halogens is 4. The summed E-state index contributed by atoms with van der Waals surface area (Å²) in [7, 11) is 0. The van der Waals surface area contributed by atoms with Crippen LogP contribution in [0.15, 0.2) is 48.5 Å². The molecule has 0 spiro atoms. The van der Waals surface area contributed by atoms with E-state index < -0.39 is 18.3 Å². The molecule has 2 nitrogen and oxygen atoms in total. The molecule has 2 aromatic carbocycles. The number of aliphatic hydroxyl groups is 1. The predicted molar refractivity (Wildman–Crippen MR) is 68.2 cm³/mol. The Balaban J connectivity index is 2.01. The second kappa shape index (κ2) is 6.13. The fraction of sp³-hybridized carbons (Fsp3) is 0.200. The van der Waals surface area contributed by atoms with Crippen LogP contribution in [0.4, 0.5) is 17.6 Å². The lowest BCUT2D eigenvalue weighted by Gasteiger charge is -2.12. The molecule has 0 aliphatic heterocycles. The van der Waals surface area contributed by atoms with Gasteiger partial charge >= 0.3 is 6.36 Å². The summed E-state index contributed by atoms with van der Waals surface area (Å²) in [6.45, 7) is 0. The summed E-state index contributed by atoms with van der Waals surface area (Å²) in [5.74, 6) is -0.720. The van der Waals surface area contributed by atoms with E-state index in [0.717, 1.165) is 0 Å². The van der Waals surface area contributed by atoms with Gasteiger partial charge in [0.2, 0.25) is 0 Å². The van der Waals surface area contributed by atoms with Crippen LogP contribution in [0.1, 0.15) is 17.2 Å². The largest absolute Gasteiger partial charge is 0.573 e. The summed E-state index contributed by atoms with van der Waals surface area (Å²) in [6.07, 6.45) is -5.38. The zero-order chi connectivity index (χ0) is 15.5. The zero-order valence-electron chi connectivity index (χ0n) is 10.8. The second-order valence-electron chi connectivity index (χ2n) is 4.46. The van der Waals surface area contributed by atoms with Crippen LogP contribution in [0, 0.1) is 5.82 Å². The van der Waals surface area contributed by atoms with E-state index in [9.17, 15) is 22.7 Å². The van der Waals surface area contributed by atoms with E-state index in [1.54, 1.807) is 0 Å². The van der Waals surface area contributed by atoms with Crippen molar-refractivity contribution in [3.05, 3.63) is 65.5 Å². The summed E-state index contributed by atoms with van der Waals surface area (Å²) >= 11 is 0. The predicted octanol–water partition coefficient (Wildman–Crippen LogP) is 4.00. The minimum absolute atomic E-state index is 0.206. The Hall–Kier alpha value is -2.08. The first-order chi connectivity index (χ1) is 9.83. The molecule has 0 heterocycles. The van der Waals surface area contributed by atoms with Crippen molar-refractivity contribution in [2.45, 2.75) is 18.9 Å². The van der Waals surface area contributed by atoms with Gasteiger partial charge < -0.3 is 9.84 Å². The van der Waals surface area contributed by atoms with Crippen LogP contribution >= 0.6 is 0 Å². The molecule has 2 aromatic rings. The molecular weight excluding hydrogens is 288 g/mol. The highest BCUT2D eigenvalue weighted by Gasteiger charge is 2.30. The Morgan fingerprint density at radius 1 is 0.952 bits per heavy atom. The Kier molecular flexibility index (Phi) is 4.47. The maximum absolute atomic E-state index is 12.8. The third kappa shape index (κ3) is 4.75. The topological polar surface area (TPSA) is 29.5 Å². The number of rotatable bonds is 4. The summed E-state index contributed by atoms with van der Waals surface area (Å²) in [6, 6.07) is 10.6. The molecule has 1 unspecified atom stereocenters.